The monoisotopic (exact) mass is 209 g/mol. The zero-order valence-electron chi connectivity index (χ0n) is 8.64. The van der Waals surface area contributed by atoms with E-state index >= 15 is 0 Å². The average Bonchev–Trinajstić information content (AvgIpc) is 2.28. The Hall–Kier alpha value is -1.26. The molecule has 1 aliphatic heterocycles. The maximum Gasteiger partial charge on any atom is 0.128 e. The number of nitrogens with two attached hydrogens (primary N) is 1. The van der Waals surface area contributed by atoms with E-state index in [4.69, 9.17) is 20.3 Å². The molecule has 0 fully saturated rings. The molecule has 1 heterocycles. The molecule has 1 aromatic carbocycles. The van der Waals surface area contributed by atoms with E-state index < -0.39 is 0 Å². The van der Waals surface area contributed by atoms with Crippen molar-refractivity contribution in [3.8, 4) is 11.5 Å². The van der Waals surface area contributed by atoms with Crippen LogP contribution in [0.1, 0.15) is 18.0 Å². The van der Waals surface area contributed by atoms with Crippen LogP contribution >= 0.6 is 0 Å². The molecule has 1 aromatic rings. The summed E-state index contributed by atoms with van der Waals surface area (Å²) < 4.78 is 10.7. The van der Waals surface area contributed by atoms with Crippen LogP contribution in [0.4, 0.5) is 0 Å². The molecular formula is C11H15NO3. The highest BCUT2D eigenvalue weighted by Gasteiger charge is 2.25. The van der Waals surface area contributed by atoms with Crippen molar-refractivity contribution in [1.29, 1.82) is 0 Å². The summed E-state index contributed by atoms with van der Waals surface area (Å²) in [7, 11) is 1.61. The van der Waals surface area contributed by atoms with Crippen molar-refractivity contribution in [1.82, 2.24) is 0 Å². The Morgan fingerprint density at radius 2 is 2.40 bits per heavy atom. The van der Waals surface area contributed by atoms with Crippen molar-refractivity contribution >= 4 is 0 Å². The van der Waals surface area contributed by atoms with Gasteiger partial charge in [0.15, 0.2) is 0 Å². The standard InChI is InChI=1S/C11H15NO3/c1-14-7-2-3-9-10(12)4-8(6-13)15-11(9)5-7/h2-3,5,8,10,13H,4,6,12H2,1H3. The van der Waals surface area contributed by atoms with E-state index in [1.165, 1.54) is 0 Å². The van der Waals surface area contributed by atoms with Crippen LogP contribution in [0.5, 0.6) is 11.5 Å². The average molecular weight is 209 g/mol. The lowest BCUT2D eigenvalue weighted by Gasteiger charge is -2.29. The van der Waals surface area contributed by atoms with E-state index in [2.05, 4.69) is 0 Å². The smallest absolute Gasteiger partial charge is 0.128 e. The Morgan fingerprint density at radius 3 is 3.07 bits per heavy atom. The molecule has 0 spiro atoms. The summed E-state index contributed by atoms with van der Waals surface area (Å²) in [6.45, 7) is -0.00957. The highest BCUT2D eigenvalue weighted by molar-refractivity contribution is 5.43. The predicted molar refractivity (Wildman–Crippen MR) is 56.0 cm³/mol. The number of benzene rings is 1. The fourth-order valence-electron chi connectivity index (χ4n) is 1.80. The van der Waals surface area contributed by atoms with Gasteiger partial charge in [-0.3, -0.25) is 0 Å². The normalized spacial score (nSPS) is 24.2. The van der Waals surface area contributed by atoms with Crippen LogP contribution in [-0.2, 0) is 0 Å². The lowest BCUT2D eigenvalue weighted by molar-refractivity contribution is 0.0885. The second-order valence-electron chi connectivity index (χ2n) is 3.67. The summed E-state index contributed by atoms with van der Waals surface area (Å²) in [5, 5.41) is 9.05. The van der Waals surface area contributed by atoms with Crippen molar-refractivity contribution in [2.45, 2.75) is 18.6 Å². The number of rotatable bonds is 2. The molecule has 0 saturated heterocycles. The first-order valence-electron chi connectivity index (χ1n) is 4.95. The number of hydrogen-bond acceptors (Lipinski definition) is 4. The van der Waals surface area contributed by atoms with E-state index in [-0.39, 0.29) is 18.8 Å². The number of hydrogen-bond donors (Lipinski definition) is 2. The Balaban J connectivity index is 2.33. The zero-order valence-corrected chi connectivity index (χ0v) is 8.64. The molecule has 2 unspecified atom stereocenters. The predicted octanol–water partition coefficient (Wildman–Crippen LogP) is 0.838. The van der Waals surface area contributed by atoms with Gasteiger partial charge in [-0.25, -0.2) is 0 Å². The van der Waals surface area contributed by atoms with E-state index in [0.29, 0.717) is 12.2 Å². The molecule has 82 valence electrons. The molecule has 0 bridgehead atoms. The van der Waals surface area contributed by atoms with E-state index in [1.54, 1.807) is 13.2 Å². The van der Waals surface area contributed by atoms with Crippen molar-refractivity contribution in [2.75, 3.05) is 13.7 Å². The van der Waals surface area contributed by atoms with Gasteiger partial charge in [0.1, 0.15) is 17.6 Å². The first kappa shape index (κ1) is 10.3. The number of aliphatic hydroxyl groups is 1. The maximum absolute atomic E-state index is 9.05. The van der Waals surface area contributed by atoms with Gasteiger partial charge in [0.25, 0.3) is 0 Å². The molecule has 4 nitrogen and oxygen atoms in total. The van der Waals surface area contributed by atoms with Gasteiger partial charge >= 0.3 is 0 Å². The van der Waals surface area contributed by atoms with Crippen LogP contribution in [0.3, 0.4) is 0 Å². The van der Waals surface area contributed by atoms with E-state index in [9.17, 15) is 0 Å². The maximum atomic E-state index is 9.05. The van der Waals surface area contributed by atoms with Gasteiger partial charge in [0.2, 0.25) is 0 Å². The first-order chi connectivity index (χ1) is 7.24. The second kappa shape index (κ2) is 4.08. The highest BCUT2D eigenvalue weighted by atomic mass is 16.5. The summed E-state index contributed by atoms with van der Waals surface area (Å²) in [6, 6.07) is 5.50. The van der Waals surface area contributed by atoms with Gasteiger partial charge in [-0.1, -0.05) is 6.07 Å². The van der Waals surface area contributed by atoms with Gasteiger partial charge in [-0.2, -0.15) is 0 Å². The van der Waals surface area contributed by atoms with Gasteiger partial charge in [0.05, 0.1) is 13.7 Å². The van der Waals surface area contributed by atoms with Gasteiger partial charge < -0.3 is 20.3 Å². The summed E-state index contributed by atoms with van der Waals surface area (Å²) in [6.07, 6.45) is 0.440. The van der Waals surface area contributed by atoms with Gasteiger partial charge in [-0.15, -0.1) is 0 Å². The third-order valence-corrected chi connectivity index (χ3v) is 2.63. The third-order valence-electron chi connectivity index (χ3n) is 2.63. The second-order valence-corrected chi connectivity index (χ2v) is 3.67. The molecule has 15 heavy (non-hydrogen) atoms. The van der Waals surface area contributed by atoms with Crippen molar-refractivity contribution in [3.05, 3.63) is 23.8 Å². The molecule has 1 aliphatic rings. The number of ether oxygens (including phenoxy) is 2. The molecule has 4 heteroatoms. The molecule has 3 N–H and O–H groups in total. The Labute approximate surface area is 88.6 Å². The van der Waals surface area contributed by atoms with Crippen LogP contribution in [0, 0.1) is 0 Å². The molecule has 0 aromatic heterocycles. The number of fused-ring (bicyclic) bond motifs is 1. The van der Waals surface area contributed by atoms with Gasteiger partial charge in [-0.05, 0) is 6.07 Å². The summed E-state index contributed by atoms with van der Waals surface area (Å²) >= 11 is 0. The van der Waals surface area contributed by atoms with Crippen LogP contribution in [0.2, 0.25) is 0 Å². The molecule has 0 amide bonds. The first-order valence-corrected chi connectivity index (χ1v) is 4.95. The number of methoxy groups -OCH3 is 1. The topological polar surface area (TPSA) is 64.7 Å². The van der Waals surface area contributed by atoms with Crippen molar-refractivity contribution in [2.24, 2.45) is 5.73 Å². The van der Waals surface area contributed by atoms with Crippen molar-refractivity contribution in [3.63, 3.8) is 0 Å². The SMILES string of the molecule is COc1ccc2c(c1)OC(CO)CC2N. The lowest BCUT2D eigenvalue weighted by atomic mass is 9.97. The molecule has 2 atom stereocenters. The summed E-state index contributed by atoms with van der Waals surface area (Å²) in [4.78, 5) is 0. The van der Waals surface area contributed by atoms with E-state index in [0.717, 1.165) is 11.3 Å². The van der Waals surface area contributed by atoms with Crippen LogP contribution in [0.25, 0.3) is 0 Å². The Morgan fingerprint density at radius 1 is 1.60 bits per heavy atom. The fourth-order valence-corrected chi connectivity index (χ4v) is 1.80. The third kappa shape index (κ3) is 1.91. The quantitative estimate of drug-likeness (QED) is 0.757. The molecule has 0 saturated carbocycles. The van der Waals surface area contributed by atoms with E-state index in [1.807, 2.05) is 12.1 Å². The molecule has 0 aliphatic carbocycles. The fraction of sp³-hybridized carbons (Fsp3) is 0.455. The van der Waals surface area contributed by atoms with Crippen LogP contribution in [-0.4, -0.2) is 24.9 Å². The minimum atomic E-state index is -0.209. The molecule has 0 radical (unpaired) electrons. The van der Waals surface area contributed by atoms with Crippen LogP contribution in [0.15, 0.2) is 18.2 Å². The largest absolute Gasteiger partial charge is 0.497 e. The highest BCUT2D eigenvalue weighted by Crippen LogP contribution is 2.35. The van der Waals surface area contributed by atoms with Crippen LogP contribution < -0.4 is 15.2 Å². The minimum absolute atomic E-state index is 0.00957. The lowest BCUT2D eigenvalue weighted by Crippen LogP contribution is -2.31. The Bertz CT molecular complexity index is 354. The minimum Gasteiger partial charge on any atom is -0.497 e. The molecular weight excluding hydrogens is 194 g/mol. The summed E-state index contributed by atoms with van der Waals surface area (Å²) in [5.74, 6) is 1.45. The van der Waals surface area contributed by atoms with Gasteiger partial charge in [0, 0.05) is 24.1 Å². The summed E-state index contributed by atoms with van der Waals surface area (Å²) in [5.41, 5.74) is 6.94. The zero-order chi connectivity index (χ0) is 10.8. The van der Waals surface area contributed by atoms with Crippen molar-refractivity contribution < 1.29 is 14.6 Å². The molecule has 2 rings (SSSR count). The number of aliphatic hydroxyl groups excluding tert-OH is 1. The Kier molecular flexibility index (Phi) is 2.79.